The zero-order chi connectivity index (χ0) is 19.8. The number of aryl methyl sites for hydroxylation is 2. The molecule has 0 aliphatic heterocycles. The average molecular weight is 393 g/mol. The molecule has 1 aromatic carbocycles. The van der Waals surface area contributed by atoms with Gasteiger partial charge in [0.05, 0.1) is 11.9 Å². The standard InChI is InChI=1S/C14H17F6NO3S/c1-4-8-6-10(12(22,13(15,16)17)14(18,19)20)7-9(5-2)11(8)21-25(3,23)24/h6-7,21-22H,4-5H2,1-3H3. The maximum Gasteiger partial charge on any atom is 0.430 e. The first kappa shape index (κ1) is 21.6. The molecule has 144 valence electrons. The molecule has 0 bridgehead atoms. The highest BCUT2D eigenvalue weighted by atomic mass is 32.2. The van der Waals surface area contributed by atoms with Crippen LogP contribution in [0.2, 0.25) is 0 Å². The summed E-state index contributed by atoms with van der Waals surface area (Å²) in [5.74, 6) is 0. The molecule has 0 heterocycles. The Labute approximate surface area is 140 Å². The van der Waals surface area contributed by atoms with Gasteiger partial charge in [0.25, 0.3) is 5.60 Å². The molecule has 1 aromatic rings. The Balaban J connectivity index is 3.79. The van der Waals surface area contributed by atoms with E-state index in [0.29, 0.717) is 12.1 Å². The molecule has 0 spiro atoms. The lowest BCUT2D eigenvalue weighted by atomic mass is 9.87. The van der Waals surface area contributed by atoms with Crippen molar-refractivity contribution in [3.05, 3.63) is 28.8 Å². The zero-order valence-corrected chi connectivity index (χ0v) is 14.3. The quantitative estimate of drug-likeness (QED) is 0.753. The molecule has 0 amide bonds. The van der Waals surface area contributed by atoms with Crippen molar-refractivity contribution < 1.29 is 39.9 Å². The highest BCUT2D eigenvalue weighted by Crippen LogP contribution is 2.51. The number of alkyl halides is 6. The van der Waals surface area contributed by atoms with Crippen molar-refractivity contribution >= 4 is 15.7 Å². The van der Waals surface area contributed by atoms with Gasteiger partial charge in [-0.15, -0.1) is 0 Å². The summed E-state index contributed by atoms with van der Waals surface area (Å²) in [5, 5.41) is 9.53. The minimum absolute atomic E-state index is 0.0511. The first-order valence-corrected chi connectivity index (χ1v) is 8.97. The molecule has 25 heavy (non-hydrogen) atoms. The van der Waals surface area contributed by atoms with E-state index in [-0.39, 0.29) is 29.7 Å². The molecule has 0 aliphatic carbocycles. The Morgan fingerprint density at radius 3 is 1.56 bits per heavy atom. The topological polar surface area (TPSA) is 66.4 Å². The normalized spacial score (nSPS) is 13.8. The summed E-state index contributed by atoms with van der Waals surface area (Å²) < 4.78 is 103. The van der Waals surface area contributed by atoms with Crippen molar-refractivity contribution in [2.45, 2.75) is 44.6 Å². The van der Waals surface area contributed by atoms with E-state index in [1.807, 2.05) is 0 Å². The van der Waals surface area contributed by atoms with E-state index in [1.165, 1.54) is 13.8 Å². The Morgan fingerprint density at radius 2 is 1.32 bits per heavy atom. The van der Waals surface area contributed by atoms with Crippen molar-refractivity contribution in [1.29, 1.82) is 0 Å². The maximum atomic E-state index is 13.0. The number of anilines is 1. The molecule has 0 saturated heterocycles. The summed E-state index contributed by atoms with van der Waals surface area (Å²) in [6.45, 7) is 2.87. The summed E-state index contributed by atoms with van der Waals surface area (Å²) >= 11 is 0. The van der Waals surface area contributed by atoms with E-state index in [9.17, 15) is 39.9 Å². The SMILES string of the molecule is CCc1cc(C(O)(C(F)(F)F)C(F)(F)F)cc(CC)c1NS(C)(=O)=O. The van der Waals surface area contributed by atoms with Gasteiger partial charge in [-0.25, -0.2) is 8.42 Å². The molecule has 0 saturated carbocycles. The second-order valence-electron chi connectivity index (χ2n) is 5.46. The Morgan fingerprint density at radius 1 is 0.960 bits per heavy atom. The van der Waals surface area contributed by atoms with Gasteiger partial charge in [0.1, 0.15) is 0 Å². The lowest BCUT2D eigenvalue weighted by Crippen LogP contribution is -2.54. The van der Waals surface area contributed by atoms with E-state index in [1.54, 1.807) is 0 Å². The van der Waals surface area contributed by atoms with Gasteiger partial charge in [0.15, 0.2) is 0 Å². The third-order valence-corrected chi connectivity index (χ3v) is 4.16. The van der Waals surface area contributed by atoms with Crippen molar-refractivity contribution in [2.75, 3.05) is 11.0 Å². The highest BCUT2D eigenvalue weighted by Gasteiger charge is 2.71. The summed E-state index contributed by atoms with van der Waals surface area (Å²) in [6.07, 6.45) is -11.3. The van der Waals surface area contributed by atoms with Gasteiger partial charge >= 0.3 is 12.4 Å². The van der Waals surface area contributed by atoms with Gasteiger partial charge in [0.2, 0.25) is 10.0 Å². The van der Waals surface area contributed by atoms with Crippen LogP contribution in [0.1, 0.15) is 30.5 Å². The van der Waals surface area contributed by atoms with Crippen LogP contribution in [0.15, 0.2) is 12.1 Å². The van der Waals surface area contributed by atoms with Crippen LogP contribution in [-0.2, 0) is 28.5 Å². The second kappa shape index (κ2) is 6.67. The molecule has 0 fully saturated rings. The van der Waals surface area contributed by atoms with E-state index >= 15 is 0 Å². The summed E-state index contributed by atoms with van der Waals surface area (Å²) in [5.41, 5.74) is -6.72. The molecule has 0 aromatic heterocycles. The number of halogens is 6. The van der Waals surface area contributed by atoms with Crippen LogP contribution >= 0.6 is 0 Å². The fraction of sp³-hybridized carbons (Fsp3) is 0.571. The highest BCUT2D eigenvalue weighted by molar-refractivity contribution is 7.92. The van der Waals surface area contributed by atoms with Crippen LogP contribution in [-0.4, -0.2) is 32.1 Å². The first-order chi connectivity index (χ1) is 11.1. The number of rotatable bonds is 5. The average Bonchev–Trinajstić information content (AvgIpc) is 2.42. The summed E-state index contributed by atoms with van der Waals surface area (Å²) in [7, 11) is -3.80. The van der Waals surface area contributed by atoms with E-state index in [0.717, 1.165) is 6.26 Å². The molecular formula is C14H17F6NO3S. The molecule has 2 N–H and O–H groups in total. The van der Waals surface area contributed by atoms with Gasteiger partial charge in [0, 0.05) is 5.56 Å². The molecule has 11 heteroatoms. The van der Waals surface area contributed by atoms with Crippen LogP contribution in [0.25, 0.3) is 0 Å². The number of benzene rings is 1. The Bertz CT molecular complexity index is 701. The molecule has 4 nitrogen and oxygen atoms in total. The minimum Gasteiger partial charge on any atom is -0.369 e. The van der Waals surface area contributed by atoms with Crippen LogP contribution in [0, 0.1) is 0 Å². The molecule has 0 atom stereocenters. The van der Waals surface area contributed by atoms with Crippen molar-refractivity contribution in [3.8, 4) is 0 Å². The molecule has 0 unspecified atom stereocenters. The van der Waals surface area contributed by atoms with Crippen molar-refractivity contribution in [1.82, 2.24) is 0 Å². The maximum absolute atomic E-state index is 13.0. The largest absolute Gasteiger partial charge is 0.430 e. The smallest absolute Gasteiger partial charge is 0.369 e. The Kier molecular flexibility index (Phi) is 5.75. The lowest BCUT2D eigenvalue weighted by Gasteiger charge is -2.33. The third-order valence-electron chi connectivity index (χ3n) is 3.59. The van der Waals surface area contributed by atoms with Crippen LogP contribution in [0.3, 0.4) is 0 Å². The summed E-state index contributed by atoms with van der Waals surface area (Å²) in [6, 6.07) is 1.04. The molecule has 1 rings (SSSR count). The van der Waals surface area contributed by atoms with Gasteiger partial charge in [-0.1, -0.05) is 26.0 Å². The van der Waals surface area contributed by atoms with Crippen LogP contribution in [0.5, 0.6) is 0 Å². The number of hydrogen-bond acceptors (Lipinski definition) is 3. The van der Waals surface area contributed by atoms with Crippen LogP contribution < -0.4 is 4.72 Å². The van der Waals surface area contributed by atoms with E-state index in [4.69, 9.17) is 0 Å². The number of sulfonamides is 1. The van der Waals surface area contributed by atoms with Gasteiger partial charge in [-0.2, -0.15) is 26.3 Å². The second-order valence-corrected chi connectivity index (χ2v) is 7.21. The molecule has 0 radical (unpaired) electrons. The van der Waals surface area contributed by atoms with Crippen molar-refractivity contribution in [2.24, 2.45) is 0 Å². The first-order valence-electron chi connectivity index (χ1n) is 7.08. The van der Waals surface area contributed by atoms with E-state index in [2.05, 4.69) is 4.72 Å². The fourth-order valence-corrected chi connectivity index (χ4v) is 2.97. The van der Waals surface area contributed by atoms with Gasteiger partial charge in [-0.05, 0) is 24.0 Å². The fourth-order valence-electron chi connectivity index (χ4n) is 2.34. The number of aliphatic hydroxyl groups is 1. The lowest BCUT2D eigenvalue weighted by molar-refractivity contribution is -0.376. The van der Waals surface area contributed by atoms with Gasteiger partial charge < -0.3 is 5.11 Å². The monoisotopic (exact) mass is 393 g/mol. The van der Waals surface area contributed by atoms with Crippen molar-refractivity contribution in [3.63, 3.8) is 0 Å². The summed E-state index contributed by atoms with van der Waals surface area (Å²) in [4.78, 5) is 0. The van der Waals surface area contributed by atoms with Gasteiger partial charge in [-0.3, -0.25) is 4.72 Å². The minimum atomic E-state index is -6.01. The number of hydrogen-bond donors (Lipinski definition) is 2. The Hall–Kier alpha value is -1.49. The predicted octanol–water partition coefficient (Wildman–Crippen LogP) is 3.50. The molecular weight excluding hydrogens is 376 g/mol. The predicted molar refractivity (Wildman–Crippen MR) is 79.7 cm³/mol. The molecule has 0 aliphatic rings. The number of nitrogens with one attached hydrogen (secondary N) is 1. The van der Waals surface area contributed by atoms with E-state index < -0.39 is 33.5 Å². The van der Waals surface area contributed by atoms with Crippen LogP contribution in [0.4, 0.5) is 32.0 Å². The third kappa shape index (κ3) is 4.20. The zero-order valence-electron chi connectivity index (χ0n) is 13.5.